The van der Waals surface area contributed by atoms with E-state index in [0.29, 0.717) is 0 Å². The molecule has 0 amide bonds. The van der Waals surface area contributed by atoms with Gasteiger partial charge in [0, 0.05) is 19.1 Å². The summed E-state index contributed by atoms with van der Waals surface area (Å²) in [7, 11) is 2.19. The molecule has 0 aromatic rings. The van der Waals surface area contributed by atoms with Crippen LogP contribution in [0.1, 0.15) is 19.8 Å². The molecule has 1 fully saturated rings. The van der Waals surface area contributed by atoms with Crippen molar-refractivity contribution in [2.24, 2.45) is 0 Å². The molecule has 1 saturated heterocycles. The number of rotatable bonds is 4. The van der Waals surface area contributed by atoms with Crippen LogP contribution in [-0.4, -0.2) is 37.6 Å². The molecule has 0 radical (unpaired) electrons. The van der Waals surface area contributed by atoms with E-state index < -0.39 is 0 Å². The first kappa shape index (κ1) is 9.75. The van der Waals surface area contributed by atoms with E-state index in [1.165, 1.54) is 18.5 Å². The van der Waals surface area contributed by atoms with Crippen LogP contribution in [0.5, 0.6) is 0 Å². The summed E-state index contributed by atoms with van der Waals surface area (Å²) >= 11 is 0. The second kappa shape index (κ2) is 4.63. The molecule has 0 aromatic carbocycles. The number of nitrogens with zero attached hydrogens (tertiary/aromatic N) is 1. The van der Waals surface area contributed by atoms with Crippen LogP contribution in [-0.2, 0) is 0 Å². The highest BCUT2D eigenvalue weighted by atomic mass is 15.2. The molecule has 0 saturated carbocycles. The van der Waals surface area contributed by atoms with Gasteiger partial charge in [0.05, 0.1) is 0 Å². The first-order valence-electron chi connectivity index (χ1n) is 4.81. The van der Waals surface area contributed by atoms with E-state index in [-0.39, 0.29) is 0 Å². The van der Waals surface area contributed by atoms with Gasteiger partial charge in [-0.15, -0.1) is 0 Å². The smallest absolute Gasteiger partial charge is 0.0233 e. The molecule has 1 unspecified atom stereocenters. The van der Waals surface area contributed by atoms with E-state index in [9.17, 15) is 0 Å². The lowest BCUT2D eigenvalue weighted by Gasteiger charge is -2.23. The van der Waals surface area contributed by atoms with E-state index in [0.717, 1.165) is 25.6 Å². The highest BCUT2D eigenvalue weighted by Crippen LogP contribution is 2.08. The number of hydrogen-bond donors (Lipinski definition) is 1. The Labute approximate surface area is 75.6 Å². The predicted octanol–water partition coefficient (Wildman–Crippen LogP) is 1.25. The third kappa shape index (κ3) is 2.61. The van der Waals surface area contributed by atoms with Crippen molar-refractivity contribution in [3.63, 3.8) is 0 Å². The summed E-state index contributed by atoms with van der Waals surface area (Å²) < 4.78 is 0. The Morgan fingerprint density at radius 3 is 2.92 bits per heavy atom. The molecule has 2 heteroatoms. The van der Waals surface area contributed by atoms with Crippen molar-refractivity contribution in [2.75, 3.05) is 26.7 Å². The van der Waals surface area contributed by atoms with E-state index >= 15 is 0 Å². The highest BCUT2D eigenvalue weighted by Gasteiger charge is 2.18. The third-order valence-electron chi connectivity index (χ3n) is 2.63. The largest absolute Gasteiger partial charge is 0.315 e. The Morgan fingerprint density at radius 1 is 1.67 bits per heavy atom. The van der Waals surface area contributed by atoms with Crippen LogP contribution < -0.4 is 5.32 Å². The minimum absolute atomic E-state index is 0.730. The Bertz CT molecular complexity index is 148. The van der Waals surface area contributed by atoms with Crippen LogP contribution in [0.15, 0.2) is 12.2 Å². The van der Waals surface area contributed by atoms with Gasteiger partial charge in [-0.1, -0.05) is 19.1 Å². The van der Waals surface area contributed by atoms with Crippen molar-refractivity contribution in [1.82, 2.24) is 10.2 Å². The number of hydrogen-bond acceptors (Lipinski definition) is 2. The van der Waals surface area contributed by atoms with Gasteiger partial charge in [0.1, 0.15) is 0 Å². The quantitative estimate of drug-likeness (QED) is 0.635. The Balaban J connectivity index is 2.26. The van der Waals surface area contributed by atoms with Crippen molar-refractivity contribution in [1.29, 1.82) is 0 Å². The Hall–Kier alpha value is -0.340. The van der Waals surface area contributed by atoms with Gasteiger partial charge < -0.3 is 5.32 Å². The van der Waals surface area contributed by atoms with E-state index in [4.69, 9.17) is 0 Å². The van der Waals surface area contributed by atoms with Gasteiger partial charge in [-0.05, 0) is 26.4 Å². The molecule has 1 heterocycles. The van der Waals surface area contributed by atoms with Gasteiger partial charge in [0.15, 0.2) is 0 Å². The standard InChI is InChI=1S/C10H20N2/c1-4-9(2)8-12(3)10-5-6-11-7-10/h10-11H,2,4-8H2,1,3H3. The lowest BCUT2D eigenvalue weighted by atomic mass is 10.2. The maximum absolute atomic E-state index is 4.02. The second-order valence-electron chi connectivity index (χ2n) is 3.67. The molecular formula is C10H20N2. The van der Waals surface area contributed by atoms with Crippen LogP contribution in [0.4, 0.5) is 0 Å². The average molecular weight is 168 g/mol. The molecule has 0 bridgehead atoms. The maximum atomic E-state index is 4.02. The monoisotopic (exact) mass is 168 g/mol. The van der Waals surface area contributed by atoms with Gasteiger partial charge in [0.25, 0.3) is 0 Å². The van der Waals surface area contributed by atoms with Gasteiger partial charge in [-0.2, -0.15) is 0 Å². The molecule has 12 heavy (non-hydrogen) atoms. The Morgan fingerprint density at radius 2 is 2.42 bits per heavy atom. The summed E-state index contributed by atoms with van der Waals surface area (Å²) in [6, 6.07) is 0.730. The minimum Gasteiger partial charge on any atom is -0.315 e. The van der Waals surface area contributed by atoms with Gasteiger partial charge in [-0.25, -0.2) is 0 Å². The lowest BCUT2D eigenvalue weighted by molar-refractivity contribution is 0.276. The lowest BCUT2D eigenvalue weighted by Crippen LogP contribution is -2.34. The zero-order chi connectivity index (χ0) is 8.97. The molecule has 1 rings (SSSR count). The zero-order valence-electron chi connectivity index (χ0n) is 8.27. The molecule has 2 nitrogen and oxygen atoms in total. The van der Waals surface area contributed by atoms with Crippen LogP contribution >= 0.6 is 0 Å². The molecule has 1 atom stereocenters. The van der Waals surface area contributed by atoms with Crippen molar-refractivity contribution in [3.8, 4) is 0 Å². The minimum atomic E-state index is 0.730. The van der Waals surface area contributed by atoms with Crippen molar-refractivity contribution >= 4 is 0 Å². The molecule has 0 aliphatic carbocycles. The summed E-state index contributed by atoms with van der Waals surface area (Å²) in [4.78, 5) is 2.41. The topological polar surface area (TPSA) is 15.3 Å². The molecule has 70 valence electrons. The van der Waals surface area contributed by atoms with Gasteiger partial charge in [0.2, 0.25) is 0 Å². The van der Waals surface area contributed by atoms with E-state index in [1.54, 1.807) is 0 Å². The van der Waals surface area contributed by atoms with Crippen LogP contribution in [0, 0.1) is 0 Å². The highest BCUT2D eigenvalue weighted by molar-refractivity contribution is 4.97. The molecule has 0 aromatic heterocycles. The summed E-state index contributed by atoms with van der Waals surface area (Å²) in [6.45, 7) is 9.57. The van der Waals surface area contributed by atoms with Crippen molar-refractivity contribution in [3.05, 3.63) is 12.2 Å². The molecule has 1 N–H and O–H groups in total. The molecular weight excluding hydrogens is 148 g/mol. The maximum Gasteiger partial charge on any atom is 0.0233 e. The fourth-order valence-electron chi connectivity index (χ4n) is 1.61. The second-order valence-corrected chi connectivity index (χ2v) is 3.67. The zero-order valence-corrected chi connectivity index (χ0v) is 8.27. The Kier molecular flexibility index (Phi) is 3.76. The molecule has 1 aliphatic rings. The summed E-state index contributed by atoms with van der Waals surface area (Å²) in [6.07, 6.45) is 2.39. The molecule has 0 spiro atoms. The van der Waals surface area contributed by atoms with E-state index in [1.807, 2.05) is 0 Å². The number of likely N-dealkylation sites (N-methyl/N-ethyl adjacent to an activating group) is 1. The first-order chi connectivity index (χ1) is 5.74. The van der Waals surface area contributed by atoms with Crippen LogP contribution in [0.25, 0.3) is 0 Å². The summed E-state index contributed by atoms with van der Waals surface area (Å²) in [5.74, 6) is 0. The average Bonchev–Trinajstić information content (AvgIpc) is 2.56. The van der Waals surface area contributed by atoms with Crippen molar-refractivity contribution < 1.29 is 0 Å². The van der Waals surface area contributed by atoms with Gasteiger partial charge >= 0.3 is 0 Å². The van der Waals surface area contributed by atoms with E-state index in [2.05, 4.69) is 30.8 Å². The summed E-state index contributed by atoms with van der Waals surface area (Å²) in [5.41, 5.74) is 1.34. The van der Waals surface area contributed by atoms with Crippen LogP contribution in [0.3, 0.4) is 0 Å². The SMILES string of the molecule is C=C(CC)CN(C)C1CCNC1. The van der Waals surface area contributed by atoms with Crippen LogP contribution in [0.2, 0.25) is 0 Å². The van der Waals surface area contributed by atoms with Gasteiger partial charge in [-0.3, -0.25) is 4.90 Å². The first-order valence-corrected chi connectivity index (χ1v) is 4.81. The fourth-order valence-corrected chi connectivity index (χ4v) is 1.61. The van der Waals surface area contributed by atoms with Crippen molar-refractivity contribution in [2.45, 2.75) is 25.8 Å². The fraction of sp³-hybridized carbons (Fsp3) is 0.800. The summed E-state index contributed by atoms with van der Waals surface area (Å²) in [5, 5.41) is 3.37. The molecule has 1 aliphatic heterocycles. The third-order valence-corrected chi connectivity index (χ3v) is 2.63. The predicted molar refractivity (Wildman–Crippen MR) is 53.3 cm³/mol. The number of nitrogens with one attached hydrogen (secondary N) is 1. The normalized spacial score (nSPS) is 23.4.